The predicted octanol–water partition coefficient (Wildman–Crippen LogP) is 0.889. The molecule has 0 saturated heterocycles. The molecule has 2 aromatic heterocycles. The maximum Gasteiger partial charge on any atom is 0.273 e. The molecule has 1 aliphatic rings. The number of nitrogens with zero attached hydrogens (tertiary/aromatic N) is 5. The summed E-state index contributed by atoms with van der Waals surface area (Å²) >= 11 is 0. The molecule has 0 radical (unpaired) electrons. The Balaban J connectivity index is 1.69. The van der Waals surface area contributed by atoms with E-state index in [1.54, 1.807) is 16.5 Å². The minimum absolute atomic E-state index is 0.160. The summed E-state index contributed by atoms with van der Waals surface area (Å²) in [5, 5.41) is 10.3. The zero-order valence-electron chi connectivity index (χ0n) is 17.0. The highest BCUT2D eigenvalue weighted by molar-refractivity contribution is 5.99. The molecule has 0 aromatic carbocycles. The van der Waals surface area contributed by atoms with Crippen molar-refractivity contribution in [1.29, 1.82) is 0 Å². The van der Waals surface area contributed by atoms with E-state index in [1.807, 2.05) is 51.2 Å². The SMILES string of the molecule is Cc1cc(Nc2ccc3c(n2)C(=O)N([C@H](C)C(=O)NCCN(C)C)C3)n(C)n1. The Morgan fingerprint density at radius 2 is 2.11 bits per heavy atom. The van der Waals surface area contributed by atoms with Crippen LogP contribution in [-0.4, -0.2) is 69.6 Å². The van der Waals surface area contributed by atoms with Gasteiger partial charge in [0.15, 0.2) is 0 Å². The largest absolute Gasteiger partial charge is 0.353 e. The number of hydrogen-bond donors (Lipinski definition) is 2. The van der Waals surface area contributed by atoms with Crippen molar-refractivity contribution in [3.05, 3.63) is 35.2 Å². The summed E-state index contributed by atoms with van der Waals surface area (Å²) in [5.41, 5.74) is 2.10. The van der Waals surface area contributed by atoms with E-state index in [0.717, 1.165) is 23.6 Å². The quantitative estimate of drug-likeness (QED) is 0.735. The predicted molar refractivity (Wildman–Crippen MR) is 106 cm³/mol. The first kappa shape index (κ1) is 19.8. The van der Waals surface area contributed by atoms with Crippen molar-refractivity contribution in [3.8, 4) is 0 Å². The summed E-state index contributed by atoms with van der Waals surface area (Å²) in [6.45, 7) is 5.33. The highest BCUT2D eigenvalue weighted by Gasteiger charge is 2.35. The van der Waals surface area contributed by atoms with E-state index in [9.17, 15) is 9.59 Å². The van der Waals surface area contributed by atoms with E-state index in [-0.39, 0.29) is 11.8 Å². The van der Waals surface area contributed by atoms with Crippen LogP contribution in [0.2, 0.25) is 0 Å². The highest BCUT2D eigenvalue weighted by Crippen LogP contribution is 2.26. The number of pyridine rings is 1. The van der Waals surface area contributed by atoms with E-state index in [1.165, 1.54) is 0 Å². The number of aromatic nitrogens is 3. The van der Waals surface area contributed by atoms with Crippen molar-refractivity contribution in [2.75, 3.05) is 32.5 Å². The lowest BCUT2D eigenvalue weighted by molar-refractivity contribution is -0.125. The second kappa shape index (κ2) is 7.97. The minimum Gasteiger partial charge on any atom is -0.353 e. The molecule has 0 saturated carbocycles. The first-order chi connectivity index (χ1) is 13.3. The molecule has 9 heteroatoms. The Kier molecular flexibility index (Phi) is 5.64. The fourth-order valence-electron chi connectivity index (χ4n) is 3.13. The van der Waals surface area contributed by atoms with Crippen molar-refractivity contribution in [2.24, 2.45) is 7.05 Å². The van der Waals surface area contributed by atoms with E-state index in [0.29, 0.717) is 24.6 Å². The third-order valence-corrected chi connectivity index (χ3v) is 4.75. The van der Waals surface area contributed by atoms with Crippen LogP contribution in [0.3, 0.4) is 0 Å². The lowest BCUT2D eigenvalue weighted by atomic mass is 10.2. The Labute approximate surface area is 164 Å². The van der Waals surface area contributed by atoms with Crippen molar-refractivity contribution >= 4 is 23.5 Å². The van der Waals surface area contributed by atoms with Gasteiger partial charge in [-0.05, 0) is 34.0 Å². The van der Waals surface area contributed by atoms with Crippen LogP contribution in [0.1, 0.15) is 28.7 Å². The van der Waals surface area contributed by atoms with Crippen molar-refractivity contribution in [2.45, 2.75) is 26.4 Å². The molecule has 0 unspecified atom stereocenters. The number of aryl methyl sites for hydroxylation is 2. The number of carbonyl (C=O) groups is 2. The summed E-state index contributed by atoms with van der Waals surface area (Å²) < 4.78 is 1.72. The molecule has 0 bridgehead atoms. The molecule has 3 rings (SSSR count). The molecule has 9 nitrogen and oxygen atoms in total. The molecule has 0 spiro atoms. The van der Waals surface area contributed by atoms with Crippen molar-refractivity contribution in [3.63, 3.8) is 0 Å². The first-order valence-corrected chi connectivity index (χ1v) is 9.27. The van der Waals surface area contributed by atoms with Gasteiger partial charge in [0.2, 0.25) is 5.91 Å². The molecule has 1 aliphatic heterocycles. The molecular formula is C19H27N7O2. The van der Waals surface area contributed by atoms with Gasteiger partial charge in [-0.3, -0.25) is 14.3 Å². The Bertz CT molecular complexity index is 890. The average Bonchev–Trinajstić information content (AvgIpc) is 3.13. The van der Waals surface area contributed by atoms with Gasteiger partial charge in [-0.15, -0.1) is 0 Å². The number of anilines is 2. The van der Waals surface area contributed by atoms with Gasteiger partial charge in [0.05, 0.1) is 5.69 Å². The van der Waals surface area contributed by atoms with Crippen molar-refractivity contribution < 1.29 is 9.59 Å². The van der Waals surface area contributed by atoms with Crippen LogP contribution in [-0.2, 0) is 18.4 Å². The Hall–Kier alpha value is -2.94. The molecule has 0 fully saturated rings. The maximum absolute atomic E-state index is 12.8. The summed E-state index contributed by atoms with van der Waals surface area (Å²) in [4.78, 5) is 33.2. The number of hydrogen-bond acceptors (Lipinski definition) is 6. The van der Waals surface area contributed by atoms with Crippen LogP contribution in [0.4, 0.5) is 11.6 Å². The topological polar surface area (TPSA) is 95.4 Å². The highest BCUT2D eigenvalue weighted by atomic mass is 16.2. The standard InChI is InChI=1S/C19H27N7O2/c1-12-10-16(25(5)23-12)21-15-7-6-14-11-26(19(28)17(14)22-15)13(2)18(27)20-8-9-24(3)4/h6-7,10,13H,8-9,11H2,1-5H3,(H,20,27)(H,21,22)/t13-/m1/s1. The van der Waals surface area contributed by atoms with Gasteiger partial charge in [0.1, 0.15) is 23.4 Å². The van der Waals surface area contributed by atoms with Crippen molar-refractivity contribution in [1.82, 2.24) is 29.9 Å². The average molecular weight is 385 g/mol. The Morgan fingerprint density at radius 3 is 2.75 bits per heavy atom. The third-order valence-electron chi connectivity index (χ3n) is 4.75. The molecule has 2 amide bonds. The smallest absolute Gasteiger partial charge is 0.273 e. The van der Waals surface area contributed by atoms with E-state index in [4.69, 9.17) is 0 Å². The van der Waals surface area contributed by atoms with E-state index < -0.39 is 6.04 Å². The third kappa shape index (κ3) is 4.14. The molecule has 150 valence electrons. The first-order valence-electron chi connectivity index (χ1n) is 9.27. The van der Waals surface area contributed by atoms with Crippen LogP contribution in [0.25, 0.3) is 0 Å². The molecule has 28 heavy (non-hydrogen) atoms. The molecular weight excluding hydrogens is 358 g/mol. The van der Waals surface area contributed by atoms with Crippen LogP contribution in [0.5, 0.6) is 0 Å². The summed E-state index contributed by atoms with van der Waals surface area (Å²) in [6, 6.07) is 5.06. The molecule has 2 N–H and O–H groups in total. The lowest BCUT2D eigenvalue weighted by Crippen LogP contribution is -2.46. The van der Waals surface area contributed by atoms with Crippen LogP contribution in [0.15, 0.2) is 18.2 Å². The van der Waals surface area contributed by atoms with Crippen LogP contribution in [0, 0.1) is 6.92 Å². The van der Waals surface area contributed by atoms with Gasteiger partial charge < -0.3 is 20.4 Å². The van der Waals surface area contributed by atoms with E-state index >= 15 is 0 Å². The number of rotatable bonds is 7. The molecule has 2 aromatic rings. The van der Waals surface area contributed by atoms with Gasteiger partial charge in [0.25, 0.3) is 5.91 Å². The van der Waals surface area contributed by atoms with Gasteiger partial charge in [-0.2, -0.15) is 5.10 Å². The number of fused-ring (bicyclic) bond motifs is 1. The second-order valence-electron chi connectivity index (χ2n) is 7.33. The van der Waals surface area contributed by atoms with Crippen LogP contribution >= 0.6 is 0 Å². The number of carbonyl (C=O) groups excluding carboxylic acids is 2. The summed E-state index contributed by atoms with van der Waals surface area (Å²) in [5.74, 6) is 0.975. The normalized spacial score (nSPS) is 14.4. The van der Waals surface area contributed by atoms with Gasteiger partial charge in [-0.1, -0.05) is 6.07 Å². The fraction of sp³-hybridized carbons (Fsp3) is 0.474. The molecule has 1 atom stereocenters. The maximum atomic E-state index is 12.8. The summed E-state index contributed by atoms with van der Waals surface area (Å²) in [7, 11) is 5.73. The zero-order chi connectivity index (χ0) is 20.4. The fourth-order valence-corrected chi connectivity index (χ4v) is 3.13. The Morgan fingerprint density at radius 1 is 1.36 bits per heavy atom. The molecule has 3 heterocycles. The molecule has 0 aliphatic carbocycles. The second-order valence-corrected chi connectivity index (χ2v) is 7.33. The lowest BCUT2D eigenvalue weighted by Gasteiger charge is -2.23. The van der Waals surface area contributed by atoms with Gasteiger partial charge >= 0.3 is 0 Å². The number of likely N-dealkylation sites (N-methyl/N-ethyl adjacent to an activating group) is 1. The van der Waals surface area contributed by atoms with Gasteiger partial charge in [0, 0.05) is 38.3 Å². The van der Waals surface area contributed by atoms with Gasteiger partial charge in [-0.25, -0.2) is 4.98 Å². The number of amides is 2. The minimum atomic E-state index is -0.556. The van der Waals surface area contributed by atoms with E-state index in [2.05, 4.69) is 20.7 Å². The number of nitrogens with one attached hydrogen (secondary N) is 2. The zero-order valence-corrected chi connectivity index (χ0v) is 17.0. The summed E-state index contributed by atoms with van der Waals surface area (Å²) in [6.07, 6.45) is 0. The van der Waals surface area contributed by atoms with Crippen LogP contribution < -0.4 is 10.6 Å². The monoisotopic (exact) mass is 385 g/mol.